The third-order valence-electron chi connectivity index (χ3n) is 2.33. The van der Waals surface area contributed by atoms with Crippen molar-refractivity contribution in [2.24, 2.45) is 11.8 Å². The van der Waals surface area contributed by atoms with E-state index >= 15 is 0 Å². The first-order chi connectivity index (χ1) is 7.81. The zero-order valence-electron chi connectivity index (χ0n) is 10.4. The predicted molar refractivity (Wildman–Crippen MR) is 73.2 cm³/mol. The lowest BCUT2D eigenvalue weighted by Gasteiger charge is -2.00. The molecule has 0 heterocycles. The molecule has 16 heavy (non-hydrogen) atoms. The molecule has 2 atom stereocenters. The Bertz CT molecular complexity index is 226. The van der Waals surface area contributed by atoms with Gasteiger partial charge in [0.05, 0.1) is 0 Å². The summed E-state index contributed by atoms with van der Waals surface area (Å²) in [4.78, 5) is 11.3. The minimum absolute atomic E-state index is 0.205. The topological polar surface area (TPSA) is 29.1 Å². The van der Waals surface area contributed by atoms with Crippen LogP contribution in [0.15, 0.2) is 25.8 Å². The number of carbonyl (C=O) groups is 1. The van der Waals surface area contributed by atoms with Gasteiger partial charge in [0.2, 0.25) is 5.91 Å². The second-order valence-corrected chi connectivity index (χ2v) is 4.63. The minimum Gasteiger partial charge on any atom is -0.300 e. The summed E-state index contributed by atoms with van der Waals surface area (Å²) < 4.78 is 2.90. The first kappa shape index (κ1) is 15.3. The van der Waals surface area contributed by atoms with Crippen LogP contribution >= 0.6 is 11.9 Å². The van der Waals surface area contributed by atoms with E-state index in [9.17, 15) is 4.79 Å². The summed E-state index contributed by atoms with van der Waals surface area (Å²) in [5.74, 6) is 0.885. The number of amides is 1. The van der Waals surface area contributed by atoms with Crippen LogP contribution in [0.4, 0.5) is 0 Å². The maximum atomic E-state index is 11.3. The van der Waals surface area contributed by atoms with Crippen LogP contribution in [0.2, 0.25) is 0 Å². The standard InChI is InChI=1S/C9H13NOS.C2H6.C2H4/c1-2-6-5-8(6)9(11)10-12-7-3-4-7;2*1-2/h2,6-8H,1,3-5H2,(H,10,11);1-2H3;1-2H2. The van der Waals surface area contributed by atoms with Gasteiger partial charge in [-0.3, -0.25) is 9.52 Å². The summed E-state index contributed by atoms with van der Waals surface area (Å²) >= 11 is 1.60. The summed E-state index contributed by atoms with van der Waals surface area (Å²) in [6.45, 7) is 13.7. The lowest BCUT2D eigenvalue weighted by atomic mass is 10.3. The Morgan fingerprint density at radius 2 is 1.94 bits per heavy atom. The van der Waals surface area contributed by atoms with Crippen molar-refractivity contribution < 1.29 is 4.79 Å². The van der Waals surface area contributed by atoms with Gasteiger partial charge in [0.15, 0.2) is 0 Å². The van der Waals surface area contributed by atoms with E-state index < -0.39 is 0 Å². The first-order valence-electron chi connectivity index (χ1n) is 5.89. The molecule has 0 spiro atoms. The molecule has 1 N–H and O–H groups in total. The molecule has 2 rings (SSSR count). The molecule has 2 aliphatic rings. The average molecular weight is 241 g/mol. The Balaban J connectivity index is 0.000000509. The van der Waals surface area contributed by atoms with E-state index in [0.717, 1.165) is 6.42 Å². The van der Waals surface area contributed by atoms with Crippen LogP contribution in [-0.2, 0) is 4.79 Å². The van der Waals surface area contributed by atoms with Crippen molar-refractivity contribution in [3.63, 3.8) is 0 Å². The molecule has 2 nitrogen and oxygen atoms in total. The number of carbonyl (C=O) groups excluding carboxylic acids is 1. The lowest BCUT2D eigenvalue weighted by molar-refractivity contribution is -0.120. The van der Waals surface area contributed by atoms with Crippen LogP contribution in [0.5, 0.6) is 0 Å². The van der Waals surface area contributed by atoms with E-state index in [2.05, 4.69) is 24.5 Å². The number of hydrogen-bond donors (Lipinski definition) is 1. The lowest BCUT2D eigenvalue weighted by Crippen LogP contribution is -2.19. The van der Waals surface area contributed by atoms with Crippen LogP contribution in [0.1, 0.15) is 33.1 Å². The van der Waals surface area contributed by atoms with E-state index in [0.29, 0.717) is 11.2 Å². The highest BCUT2D eigenvalue weighted by Gasteiger charge is 2.41. The molecule has 3 heteroatoms. The fourth-order valence-electron chi connectivity index (χ4n) is 1.18. The molecule has 2 fully saturated rings. The largest absolute Gasteiger partial charge is 0.300 e. The normalized spacial score (nSPS) is 25.1. The van der Waals surface area contributed by atoms with E-state index in [1.54, 1.807) is 11.9 Å². The van der Waals surface area contributed by atoms with Crippen LogP contribution in [0.25, 0.3) is 0 Å². The molecule has 1 amide bonds. The van der Waals surface area contributed by atoms with Crippen molar-refractivity contribution in [3.8, 4) is 0 Å². The zero-order chi connectivity index (χ0) is 12.6. The van der Waals surface area contributed by atoms with Gasteiger partial charge >= 0.3 is 0 Å². The molecule has 0 aliphatic heterocycles. The van der Waals surface area contributed by atoms with E-state index in [1.807, 2.05) is 19.9 Å². The van der Waals surface area contributed by atoms with Gasteiger partial charge < -0.3 is 0 Å². The van der Waals surface area contributed by atoms with Crippen LogP contribution < -0.4 is 4.72 Å². The van der Waals surface area contributed by atoms with Crippen LogP contribution in [-0.4, -0.2) is 11.2 Å². The zero-order valence-corrected chi connectivity index (χ0v) is 11.2. The maximum absolute atomic E-state index is 11.3. The van der Waals surface area contributed by atoms with Gasteiger partial charge in [-0.25, -0.2) is 0 Å². The fraction of sp³-hybridized carbons (Fsp3) is 0.615. The molecule has 0 radical (unpaired) electrons. The van der Waals surface area contributed by atoms with Gasteiger partial charge in [-0.15, -0.1) is 19.7 Å². The molecular weight excluding hydrogens is 218 g/mol. The molecule has 2 saturated carbocycles. The van der Waals surface area contributed by atoms with Crippen molar-refractivity contribution in [2.45, 2.75) is 38.4 Å². The molecule has 92 valence electrons. The van der Waals surface area contributed by atoms with Crippen molar-refractivity contribution >= 4 is 17.9 Å². The van der Waals surface area contributed by atoms with Gasteiger partial charge in [-0.2, -0.15) is 0 Å². The quantitative estimate of drug-likeness (QED) is 0.602. The predicted octanol–water partition coefficient (Wildman–Crippen LogP) is 3.56. The summed E-state index contributed by atoms with van der Waals surface area (Å²) in [6.07, 6.45) is 5.41. The Morgan fingerprint density at radius 1 is 1.38 bits per heavy atom. The molecule has 0 bridgehead atoms. The highest BCUT2D eigenvalue weighted by Crippen LogP contribution is 2.40. The molecule has 2 aliphatic carbocycles. The number of rotatable bonds is 4. The second-order valence-electron chi connectivity index (χ2n) is 3.53. The Kier molecular flexibility index (Phi) is 8.08. The van der Waals surface area contributed by atoms with Gasteiger partial charge in [-0.05, 0) is 37.1 Å². The Hall–Kier alpha value is -0.700. The van der Waals surface area contributed by atoms with Crippen molar-refractivity contribution in [1.29, 1.82) is 0 Å². The summed E-state index contributed by atoms with van der Waals surface area (Å²) in [5, 5.41) is 0.704. The van der Waals surface area contributed by atoms with Crippen LogP contribution in [0, 0.1) is 11.8 Å². The molecule has 0 aromatic rings. The SMILES string of the molecule is C=C.C=CC1CC1C(=O)NSC1CC1.CC. The van der Waals surface area contributed by atoms with Crippen molar-refractivity contribution in [2.75, 3.05) is 0 Å². The van der Waals surface area contributed by atoms with E-state index in [1.165, 1.54) is 12.8 Å². The molecule has 0 aromatic heterocycles. The minimum atomic E-state index is 0.205. The summed E-state index contributed by atoms with van der Waals surface area (Å²) in [6, 6.07) is 0. The van der Waals surface area contributed by atoms with Crippen molar-refractivity contribution in [1.82, 2.24) is 4.72 Å². The highest BCUT2D eigenvalue weighted by molar-refractivity contribution is 7.98. The van der Waals surface area contributed by atoms with Gasteiger partial charge in [0.25, 0.3) is 0 Å². The fourth-order valence-corrected chi connectivity index (χ4v) is 1.99. The summed E-state index contributed by atoms with van der Waals surface area (Å²) in [7, 11) is 0. The van der Waals surface area contributed by atoms with Gasteiger partial charge in [0.1, 0.15) is 0 Å². The van der Waals surface area contributed by atoms with Crippen molar-refractivity contribution in [3.05, 3.63) is 25.8 Å². The third kappa shape index (κ3) is 5.40. The average Bonchev–Trinajstić information content (AvgIpc) is 3.23. The third-order valence-corrected chi connectivity index (χ3v) is 3.45. The Labute approximate surface area is 104 Å². The smallest absolute Gasteiger partial charge is 0.233 e. The number of allylic oxidation sites excluding steroid dienone is 1. The maximum Gasteiger partial charge on any atom is 0.233 e. The number of hydrogen-bond acceptors (Lipinski definition) is 2. The monoisotopic (exact) mass is 241 g/mol. The van der Waals surface area contributed by atoms with Crippen LogP contribution in [0.3, 0.4) is 0 Å². The summed E-state index contributed by atoms with van der Waals surface area (Å²) in [5.41, 5.74) is 0. The molecule has 0 saturated heterocycles. The molecule has 0 aromatic carbocycles. The second kappa shape index (κ2) is 8.45. The molecule has 2 unspecified atom stereocenters. The molecular formula is C13H23NOS. The van der Waals surface area contributed by atoms with Gasteiger partial charge in [0, 0.05) is 11.2 Å². The highest BCUT2D eigenvalue weighted by atomic mass is 32.2. The Morgan fingerprint density at radius 3 is 2.31 bits per heavy atom. The van der Waals surface area contributed by atoms with E-state index in [4.69, 9.17) is 0 Å². The first-order valence-corrected chi connectivity index (χ1v) is 6.77. The van der Waals surface area contributed by atoms with Gasteiger partial charge in [-0.1, -0.05) is 19.9 Å². The van der Waals surface area contributed by atoms with E-state index in [-0.39, 0.29) is 11.8 Å². The number of nitrogens with one attached hydrogen (secondary N) is 1.